The van der Waals surface area contributed by atoms with E-state index in [0.29, 0.717) is 6.54 Å². The minimum atomic E-state index is -0.544. The number of benzene rings is 1. The van der Waals surface area contributed by atoms with E-state index in [-0.39, 0.29) is 11.5 Å². The van der Waals surface area contributed by atoms with Gasteiger partial charge in [-0.1, -0.05) is 6.07 Å². The highest BCUT2D eigenvalue weighted by atomic mass is 19.1. The third-order valence-corrected chi connectivity index (χ3v) is 2.32. The first-order valence-electron chi connectivity index (χ1n) is 5.08. The van der Waals surface area contributed by atoms with Crippen molar-refractivity contribution in [2.75, 3.05) is 7.11 Å². The summed E-state index contributed by atoms with van der Waals surface area (Å²) in [5.74, 6) is -0.912. The lowest BCUT2D eigenvalue weighted by atomic mass is 10.1. The maximum atomic E-state index is 13.0. The molecule has 1 rings (SSSR count). The number of esters is 1. The SMILES string of the molecule is COC(=O)C(C)NCc1ccc(F)c(C#N)c1. The first kappa shape index (κ1) is 13.1. The van der Waals surface area contributed by atoms with Crippen molar-refractivity contribution in [1.82, 2.24) is 5.32 Å². The van der Waals surface area contributed by atoms with Crippen molar-refractivity contribution in [2.45, 2.75) is 19.5 Å². The summed E-state index contributed by atoms with van der Waals surface area (Å²) in [5.41, 5.74) is 0.730. The van der Waals surface area contributed by atoms with E-state index in [2.05, 4.69) is 10.1 Å². The van der Waals surface area contributed by atoms with Crippen LogP contribution in [0.25, 0.3) is 0 Å². The van der Waals surface area contributed by atoms with Crippen LogP contribution in [0.4, 0.5) is 4.39 Å². The number of nitrogens with zero attached hydrogens (tertiary/aromatic N) is 1. The molecular weight excluding hydrogens is 223 g/mol. The third-order valence-electron chi connectivity index (χ3n) is 2.32. The molecule has 0 aromatic heterocycles. The molecule has 0 aliphatic heterocycles. The molecule has 0 amide bonds. The van der Waals surface area contributed by atoms with Gasteiger partial charge in [-0.05, 0) is 24.6 Å². The summed E-state index contributed by atoms with van der Waals surface area (Å²) in [5, 5.41) is 11.6. The number of carbonyl (C=O) groups excluding carboxylic acids is 1. The van der Waals surface area contributed by atoms with Crippen LogP contribution in [-0.4, -0.2) is 19.1 Å². The molecule has 1 atom stereocenters. The first-order chi connectivity index (χ1) is 8.08. The Morgan fingerprint density at radius 3 is 2.94 bits per heavy atom. The zero-order chi connectivity index (χ0) is 12.8. The van der Waals surface area contributed by atoms with Crippen LogP contribution in [0, 0.1) is 17.1 Å². The predicted octanol–water partition coefficient (Wildman–Crippen LogP) is 1.35. The number of nitrogens with one attached hydrogen (secondary N) is 1. The van der Waals surface area contributed by atoms with E-state index in [0.717, 1.165) is 5.56 Å². The number of nitriles is 1. The smallest absolute Gasteiger partial charge is 0.322 e. The van der Waals surface area contributed by atoms with Gasteiger partial charge in [0.25, 0.3) is 0 Å². The molecule has 17 heavy (non-hydrogen) atoms. The van der Waals surface area contributed by atoms with E-state index in [1.165, 1.54) is 19.2 Å². The molecular formula is C12H13FN2O2. The van der Waals surface area contributed by atoms with Crippen molar-refractivity contribution >= 4 is 5.97 Å². The molecule has 0 spiro atoms. The van der Waals surface area contributed by atoms with Gasteiger partial charge in [0.05, 0.1) is 12.7 Å². The Kier molecular flexibility index (Phi) is 4.61. The summed E-state index contributed by atoms with van der Waals surface area (Å²) < 4.78 is 17.6. The third kappa shape index (κ3) is 3.54. The van der Waals surface area contributed by atoms with Gasteiger partial charge >= 0.3 is 5.97 Å². The van der Waals surface area contributed by atoms with Gasteiger partial charge < -0.3 is 10.1 Å². The van der Waals surface area contributed by atoms with E-state index >= 15 is 0 Å². The number of ether oxygens (including phenoxy) is 1. The molecule has 1 unspecified atom stereocenters. The predicted molar refractivity (Wildman–Crippen MR) is 59.4 cm³/mol. The van der Waals surface area contributed by atoms with Gasteiger partial charge in [0.15, 0.2) is 0 Å². The molecule has 90 valence electrons. The Hall–Kier alpha value is -1.93. The zero-order valence-electron chi connectivity index (χ0n) is 9.66. The lowest BCUT2D eigenvalue weighted by Gasteiger charge is -2.11. The summed E-state index contributed by atoms with van der Waals surface area (Å²) >= 11 is 0. The highest BCUT2D eigenvalue weighted by Gasteiger charge is 2.12. The van der Waals surface area contributed by atoms with Crippen LogP contribution in [0.1, 0.15) is 18.1 Å². The van der Waals surface area contributed by atoms with Crippen molar-refractivity contribution in [3.63, 3.8) is 0 Å². The fraction of sp³-hybridized carbons (Fsp3) is 0.333. The summed E-state index contributed by atoms with van der Waals surface area (Å²) in [4.78, 5) is 11.1. The van der Waals surface area contributed by atoms with Crippen LogP contribution >= 0.6 is 0 Å². The average Bonchev–Trinajstić information content (AvgIpc) is 2.36. The molecule has 4 nitrogen and oxygen atoms in total. The Balaban J connectivity index is 2.65. The van der Waals surface area contributed by atoms with E-state index in [1.54, 1.807) is 19.1 Å². The van der Waals surface area contributed by atoms with Gasteiger partial charge in [0.1, 0.15) is 17.9 Å². The second kappa shape index (κ2) is 5.97. The van der Waals surface area contributed by atoms with E-state index in [4.69, 9.17) is 5.26 Å². The van der Waals surface area contributed by atoms with Crippen molar-refractivity contribution in [2.24, 2.45) is 0 Å². The number of hydrogen-bond acceptors (Lipinski definition) is 4. The Labute approximate surface area is 99.0 Å². The fourth-order valence-electron chi connectivity index (χ4n) is 1.30. The van der Waals surface area contributed by atoms with Crippen molar-refractivity contribution in [3.05, 3.63) is 35.1 Å². The van der Waals surface area contributed by atoms with Crippen LogP contribution < -0.4 is 5.32 Å². The number of hydrogen-bond donors (Lipinski definition) is 1. The zero-order valence-corrected chi connectivity index (χ0v) is 9.66. The van der Waals surface area contributed by atoms with Crippen LogP contribution in [0.15, 0.2) is 18.2 Å². The van der Waals surface area contributed by atoms with Crippen LogP contribution in [0.2, 0.25) is 0 Å². The fourth-order valence-corrected chi connectivity index (χ4v) is 1.30. The largest absolute Gasteiger partial charge is 0.468 e. The first-order valence-corrected chi connectivity index (χ1v) is 5.08. The molecule has 1 N–H and O–H groups in total. The minimum absolute atomic E-state index is 0.00461. The number of carbonyl (C=O) groups is 1. The summed E-state index contributed by atoms with van der Waals surface area (Å²) in [6, 6.07) is 5.56. The number of halogens is 1. The highest BCUT2D eigenvalue weighted by molar-refractivity contribution is 5.75. The molecule has 0 radical (unpaired) electrons. The second-order valence-corrected chi connectivity index (χ2v) is 3.55. The highest BCUT2D eigenvalue weighted by Crippen LogP contribution is 2.09. The second-order valence-electron chi connectivity index (χ2n) is 3.55. The normalized spacial score (nSPS) is 11.6. The van der Waals surface area contributed by atoms with Crippen LogP contribution in [-0.2, 0) is 16.1 Å². The monoisotopic (exact) mass is 236 g/mol. The standard InChI is InChI=1S/C12H13FN2O2/c1-8(12(16)17-2)15-7-9-3-4-11(13)10(5-9)6-14/h3-5,8,15H,7H2,1-2H3. The lowest BCUT2D eigenvalue weighted by molar-refractivity contribution is -0.142. The van der Waals surface area contributed by atoms with Crippen LogP contribution in [0.5, 0.6) is 0 Å². The summed E-state index contributed by atoms with van der Waals surface area (Å²) in [6.45, 7) is 2.03. The Morgan fingerprint density at radius 2 is 2.35 bits per heavy atom. The van der Waals surface area contributed by atoms with Crippen LogP contribution in [0.3, 0.4) is 0 Å². The Bertz CT molecular complexity index is 454. The van der Waals surface area contributed by atoms with Crippen molar-refractivity contribution in [3.8, 4) is 6.07 Å². The molecule has 5 heteroatoms. The van der Waals surface area contributed by atoms with E-state index < -0.39 is 11.9 Å². The number of rotatable bonds is 4. The van der Waals surface area contributed by atoms with Gasteiger partial charge in [-0.15, -0.1) is 0 Å². The summed E-state index contributed by atoms with van der Waals surface area (Å²) in [7, 11) is 1.31. The van der Waals surface area contributed by atoms with Gasteiger partial charge in [-0.25, -0.2) is 4.39 Å². The maximum Gasteiger partial charge on any atom is 0.322 e. The molecule has 0 aliphatic rings. The average molecular weight is 236 g/mol. The number of methoxy groups -OCH3 is 1. The van der Waals surface area contributed by atoms with Gasteiger partial charge in [-0.2, -0.15) is 5.26 Å². The van der Waals surface area contributed by atoms with Crippen molar-refractivity contribution in [1.29, 1.82) is 5.26 Å². The summed E-state index contributed by atoms with van der Waals surface area (Å²) in [6.07, 6.45) is 0. The molecule has 0 bridgehead atoms. The van der Waals surface area contributed by atoms with E-state index in [9.17, 15) is 9.18 Å². The molecule has 0 saturated carbocycles. The molecule has 0 heterocycles. The topological polar surface area (TPSA) is 62.1 Å². The molecule has 1 aromatic rings. The maximum absolute atomic E-state index is 13.0. The van der Waals surface area contributed by atoms with Gasteiger partial charge in [-0.3, -0.25) is 4.79 Å². The molecule has 0 aliphatic carbocycles. The van der Waals surface area contributed by atoms with Gasteiger partial charge in [0, 0.05) is 6.54 Å². The van der Waals surface area contributed by atoms with E-state index in [1.807, 2.05) is 0 Å². The quantitative estimate of drug-likeness (QED) is 0.801. The lowest BCUT2D eigenvalue weighted by Crippen LogP contribution is -2.34. The van der Waals surface area contributed by atoms with Crippen molar-refractivity contribution < 1.29 is 13.9 Å². The molecule has 1 aromatic carbocycles. The van der Waals surface area contributed by atoms with Gasteiger partial charge in [0.2, 0.25) is 0 Å². The molecule has 0 saturated heterocycles. The molecule has 0 fully saturated rings. The Morgan fingerprint density at radius 1 is 1.65 bits per heavy atom. The minimum Gasteiger partial charge on any atom is -0.468 e.